The summed E-state index contributed by atoms with van der Waals surface area (Å²) in [5, 5.41) is 0. The number of halogens is 1. The molecule has 1 aromatic carbocycles. The van der Waals surface area contributed by atoms with Gasteiger partial charge in [0.1, 0.15) is 5.82 Å². The molecule has 0 radical (unpaired) electrons. The predicted molar refractivity (Wildman–Crippen MR) is 99.3 cm³/mol. The Morgan fingerprint density at radius 1 is 1.08 bits per heavy atom. The van der Waals surface area contributed by atoms with Crippen LogP contribution in [0, 0.1) is 5.82 Å². The maximum atomic E-state index is 13.0. The lowest BCUT2D eigenvalue weighted by Gasteiger charge is -2.36. The fourth-order valence-electron chi connectivity index (χ4n) is 3.98. The standard InChI is InChI=1S/C20H30FN3O/c1-22(18-5-3-2-4-6-18)20(25)11-12-23-13-15-24(16-14-23)19-9-7-17(21)8-10-19/h7-10,18H,2-6,11-16H2,1H3. The van der Waals surface area contributed by atoms with E-state index in [0.717, 1.165) is 38.4 Å². The van der Waals surface area contributed by atoms with E-state index < -0.39 is 0 Å². The van der Waals surface area contributed by atoms with E-state index in [-0.39, 0.29) is 11.7 Å². The first-order valence-corrected chi connectivity index (χ1v) is 9.62. The van der Waals surface area contributed by atoms with Crippen LogP contribution < -0.4 is 4.90 Å². The molecule has 1 saturated heterocycles. The summed E-state index contributed by atoms with van der Waals surface area (Å²) in [6.45, 7) is 4.61. The number of nitrogens with zero attached hydrogens (tertiary/aromatic N) is 3. The van der Waals surface area contributed by atoms with E-state index in [4.69, 9.17) is 0 Å². The maximum Gasteiger partial charge on any atom is 0.223 e. The van der Waals surface area contributed by atoms with Crippen molar-refractivity contribution in [2.24, 2.45) is 0 Å². The summed E-state index contributed by atoms with van der Waals surface area (Å²) >= 11 is 0. The van der Waals surface area contributed by atoms with Crippen LogP contribution in [0.2, 0.25) is 0 Å². The summed E-state index contributed by atoms with van der Waals surface area (Å²) < 4.78 is 13.0. The van der Waals surface area contributed by atoms with Gasteiger partial charge in [0, 0.05) is 57.9 Å². The van der Waals surface area contributed by atoms with Gasteiger partial charge in [-0.25, -0.2) is 4.39 Å². The van der Waals surface area contributed by atoms with E-state index in [1.165, 1.54) is 44.2 Å². The molecule has 1 heterocycles. The second kappa shape index (κ2) is 8.65. The number of anilines is 1. The molecule has 25 heavy (non-hydrogen) atoms. The Morgan fingerprint density at radius 2 is 1.72 bits per heavy atom. The summed E-state index contributed by atoms with van der Waals surface area (Å²) in [4.78, 5) is 19.1. The van der Waals surface area contributed by atoms with Crippen LogP contribution in [0.15, 0.2) is 24.3 Å². The summed E-state index contributed by atoms with van der Waals surface area (Å²) in [6, 6.07) is 7.17. The number of amides is 1. The first kappa shape index (κ1) is 18.2. The van der Waals surface area contributed by atoms with Crippen LogP contribution >= 0.6 is 0 Å². The van der Waals surface area contributed by atoms with Crippen molar-refractivity contribution < 1.29 is 9.18 Å². The number of carbonyl (C=O) groups is 1. The molecule has 1 amide bonds. The minimum atomic E-state index is -0.192. The van der Waals surface area contributed by atoms with Gasteiger partial charge in [-0.3, -0.25) is 9.69 Å². The molecule has 0 atom stereocenters. The van der Waals surface area contributed by atoms with Crippen LogP contribution in [-0.2, 0) is 4.79 Å². The van der Waals surface area contributed by atoms with Crippen LogP contribution in [-0.4, -0.2) is 61.5 Å². The van der Waals surface area contributed by atoms with Crippen molar-refractivity contribution in [1.29, 1.82) is 0 Å². The van der Waals surface area contributed by atoms with Gasteiger partial charge >= 0.3 is 0 Å². The lowest BCUT2D eigenvalue weighted by molar-refractivity contribution is -0.132. The highest BCUT2D eigenvalue weighted by molar-refractivity contribution is 5.76. The molecule has 2 aliphatic rings. The van der Waals surface area contributed by atoms with E-state index in [1.54, 1.807) is 0 Å². The van der Waals surface area contributed by atoms with E-state index >= 15 is 0 Å². The topological polar surface area (TPSA) is 26.8 Å². The predicted octanol–water partition coefficient (Wildman–Crippen LogP) is 3.13. The molecule has 0 N–H and O–H groups in total. The lowest BCUT2D eigenvalue weighted by atomic mass is 9.94. The molecule has 2 fully saturated rings. The minimum absolute atomic E-state index is 0.192. The van der Waals surface area contributed by atoms with Crippen LogP contribution in [0.5, 0.6) is 0 Å². The van der Waals surface area contributed by atoms with Gasteiger partial charge in [0.15, 0.2) is 0 Å². The Bertz CT molecular complexity index is 549. The van der Waals surface area contributed by atoms with Crippen molar-refractivity contribution in [3.05, 3.63) is 30.1 Å². The van der Waals surface area contributed by atoms with Crippen molar-refractivity contribution in [3.63, 3.8) is 0 Å². The van der Waals surface area contributed by atoms with Gasteiger partial charge in [-0.2, -0.15) is 0 Å². The van der Waals surface area contributed by atoms with Gasteiger partial charge < -0.3 is 9.80 Å². The van der Waals surface area contributed by atoms with Gasteiger partial charge in [0.05, 0.1) is 0 Å². The SMILES string of the molecule is CN(C(=O)CCN1CCN(c2ccc(F)cc2)CC1)C1CCCCC1. The van der Waals surface area contributed by atoms with Gasteiger partial charge in [0.25, 0.3) is 0 Å². The minimum Gasteiger partial charge on any atom is -0.369 e. The third kappa shape index (κ3) is 4.94. The highest BCUT2D eigenvalue weighted by Gasteiger charge is 2.23. The van der Waals surface area contributed by atoms with Crippen molar-refractivity contribution in [2.75, 3.05) is 44.7 Å². The Hall–Kier alpha value is -1.62. The fraction of sp³-hybridized carbons (Fsp3) is 0.650. The molecule has 0 unspecified atom stereocenters. The third-order valence-electron chi connectivity index (χ3n) is 5.72. The first-order chi connectivity index (χ1) is 12.1. The van der Waals surface area contributed by atoms with Gasteiger partial charge in [-0.15, -0.1) is 0 Å². The molecule has 1 aliphatic carbocycles. The van der Waals surface area contributed by atoms with E-state index in [9.17, 15) is 9.18 Å². The lowest BCUT2D eigenvalue weighted by Crippen LogP contribution is -2.47. The monoisotopic (exact) mass is 347 g/mol. The summed E-state index contributed by atoms with van der Waals surface area (Å²) in [5.74, 6) is 0.0934. The second-order valence-corrected chi connectivity index (χ2v) is 7.35. The van der Waals surface area contributed by atoms with E-state index in [2.05, 4.69) is 9.80 Å². The van der Waals surface area contributed by atoms with Crippen LogP contribution in [0.3, 0.4) is 0 Å². The molecule has 0 bridgehead atoms. The zero-order valence-electron chi connectivity index (χ0n) is 15.3. The number of hydrogen-bond donors (Lipinski definition) is 0. The van der Waals surface area contributed by atoms with Crippen molar-refractivity contribution in [2.45, 2.75) is 44.6 Å². The van der Waals surface area contributed by atoms with Crippen LogP contribution in [0.25, 0.3) is 0 Å². The van der Waals surface area contributed by atoms with Crippen molar-refractivity contribution >= 4 is 11.6 Å². The number of benzene rings is 1. The number of hydrogen-bond acceptors (Lipinski definition) is 3. The largest absolute Gasteiger partial charge is 0.369 e. The van der Waals surface area contributed by atoms with Crippen molar-refractivity contribution in [1.82, 2.24) is 9.80 Å². The molecule has 0 spiro atoms. The molecule has 1 aliphatic heterocycles. The summed E-state index contributed by atoms with van der Waals surface area (Å²) in [5.41, 5.74) is 1.08. The Balaban J connectivity index is 1.40. The normalized spacial score (nSPS) is 19.8. The Morgan fingerprint density at radius 3 is 2.36 bits per heavy atom. The molecular weight excluding hydrogens is 317 g/mol. The summed E-state index contributed by atoms with van der Waals surface area (Å²) in [6.07, 6.45) is 6.78. The molecular formula is C20H30FN3O. The third-order valence-corrected chi connectivity index (χ3v) is 5.72. The molecule has 3 rings (SSSR count). The van der Waals surface area contributed by atoms with Crippen LogP contribution in [0.4, 0.5) is 10.1 Å². The second-order valence-electron chi connectivity index (χ2n) is 7.35. The Kier molecular flexibility index (Phi) is 6.29. The maximum absolute atomic E-state index is 13.0. The molecule has 138 valence electrons. The molecule has 1 aromatic rings. The summed E-state index contributed by atoms with van der Waals surface area (Å²) in [7, 11) is 1.98. The highest BCUT2D eigenvalue weighted by atomic mass is 19.1. The fourth-order valence-corrected chi connectivity index (χ4v) is 3.98. The average molecular weight is 347 g/mol. The van der Waals surface area contributed by atoms with Gasteiger partial charge in [-0.05, 0) is 37.1 Å². The number of rotatable bonds is 5. The van der Waals surface area contributed by atoms with Crippen molar-refractivity contribution in [3.8, 4) is 0 Å². The molecule has 4 nitrogen and oxygen atoms in total. The number of piperazine rings is 1. The average Bonchev–Trinajstić information content (AvgIpc) is 2.67. The Labute approximate surface area is 150 Å². The number of carbonyl (C=O) groups excluding carboxylic acids is 1. The van der Waals surface area contributed by atoms with Crippen LogP contribution in [0.1, 0.15) is 38.5 Å². The molecule has 0 aromatic heterocycles. The van der Waals surface area contributed by atoms with E-state index in [1.807, 2.05) is 24.1 Å². The molecule has 5 heteroatoms. The van der Waals surface area contributed by atoms with Gasteiger partial charge in [-0.1, -0.05) is 19.3 Å². The zero-order valence-corrected chi connectivity index (χ0v) is 15.3. The highest BCUT2D eigenvalue weighted by Crippen LogP contribution is 2.22. The first-order valence-electron chi connectivity index (χ1n) is 9.62. The van der Waals surface area contributed by atoms with E-state index in [0.29, 0.717) is 12.5 Å². The van der Waals surface area contributed by atoms with Gasteiger partial charge in [0.2, 0.25) is 5.91 Å². The molecule has 1 saturated carbocycles. The quantitative estimate of drug-likeness (QED) is 0.819. The smallest absolute Gasteiger partial charge is 0.223 e. The zero-order chi connectivity index (χ0) is 17.6.